The van der Waals surface area contributed by atoms with Gasteiger partial charge in [-0.15, -0.1) is 0 Å². The van der Waals surface area contributed by atoms with Crippen molar-refractivity contribution in [3.05, 3.63) is 83.6 Å². The van der Waals surface area contributed by atoms with Crippen molar-refractivity contribution in [1.82, 2.24) is 9.88 Å². The van der Waals surface area contributed by atoms with Crippen molar-refractivity contribution in [1.29, 1.82) is 0 Å². The second-order valence-corrected chi connectivity index (χ2v) is 9.30. The van der Waals surface area contributed by atoms with Gasteiger partial charge in [0.15, 0.2) is 0 Å². The highest BCUT2D eigenvalue weighted by Crippen LogP contribution is 2.23. The van der Waals surface area contributed by atoms with Crippen LogP contribution in [0.1, 0.15) is 16.7 Å². The molecular formula is C29H38N4O3. The van der Waals surface area contributed by atoms with E-state index in [1.54, 1.807) is 7.11 Å². The van der Waals surface area contributed by atoms with Crippen LogP contribution in [0.2, 0.25) is 0 Å². The smallest absolute Gasteiger partial charge is 0.129 e. The van der Waals surface area contributed by atoms with E-state index in [-0.39, 0.29) is 0 Å². The topological polar surface area (TPSA) is 50.3 Å². The fourth-order valence-electron chi connectivity index (χ4n) is 4.26. The van der Waals surface area contributed by atoms with Crippen LogP contribution in [-0.4, -0.2) is 70.5 Å². The van der Waals surface area contributed by atoms with E-state index in [4.69, 9.17) is 19.2 Å². The number of pyridine rings is 1. The van der Waals surface area contributed by atoms with E-state index in [1.165, 1.54) is 16.8 Å². The largest absolute Gasteiger partial charge is 0.497 e. The van der Waals surface area contributed by atoms with Gasteiger partial charge in [-0.25, -0.2) is 4.98 Å². The van der Waals surface area contributed by atoms with Crippen LogP contribution in [0.5, 0.6) is 5.75 Å². The summed E-state index contributed by atoms with van der Waals surface area (Å²) in [6.07, 6.45) is 1.93. The first kappa shape index (κ1) is 25.9. The van der Waals surface area contributed by atoms with Crippen LogP contribution >= 0.6 is 0 Å². The van der Waals surface area contributed by atoms with Gasteiger partial charge in [0.2, 0.25) is 0 Å². The lowest BCUT2D eigenvalue weighted by molar-refractivity contribution is 0.0180. The number of nitrogens with zero attached hydrogens (tertiary/aromatic N) is 4. The minimum absolute atomic E-state index is 0.568. The van der Waals surface area contributed by atoms with Gasteiger partial charge in [-0.2, -0.15) is 0 Å². The molecule has 0 N–H and O–H groups in total. The predicted octanol–water partition coefficient (Wildman–Crippen LogP) is 4.21. The summed E-state index contributed by atoms with van der Waals surface area (Å²) >= 11 is 0. The Kier molecular flexibility index (Phi) is 9.55. The number of benzene rings is 2. The predicted molar refractivity (Wildman–Crippen MR) is 145 cm³/mol. The van der Waals surface area contributed by atoms with Crippen LogP contribution in [0.25, 0.3) is 0 Å². The second kappa shape index (κ2) is 13.3. The van der Waals surface area contributed by atoms with E-state index in [0.29, 0.717) is 13.2 Å². The molecular weight excluding hydrogens is 452 g/mol. The maximum Gasteiger partial charge on any atom is 0.129 e. The molecule has 1 saturated heterocycles. The van der Waals surface area contributed by atoms with E-state index < -0.39 is 0 Å². The molecule has 1 fully saturated rings. The van der Waals surface area contributed by atoms with Crippen molar-refractivity contribution < 1.29 is 14.2 Å². The molecule has 7 nitrogen and oxygen atoms in total. The fourth-order valence-corrected chi connectivity index (χ4v) is 4.26. The van der Waals surface area contributed by atoms with Crippen LogP contribution in [0.4, 0.5) is 11.5 Å². The van der Waals surface area contributed by atoms with Gasteiger partial charge in [-0.05, 0) is 47.0 Å². The molecule has 4 rings (SSSR count). The molecule has 0 unspecified atom stereocenters. The highest BCUT2D eigenvalue weighted by Gasteiger charge is 2.13. The molecule has 1 aliphatic rings. The van der Waals surface area contributed by atoms with Crippen molar-refractivity contribution in [2.24, 2.45) is 0 Å². The molecule has 1 aromatic heterocycles. The third-order valence-electron chi connectivity index (χ3n) is 6.37. The van der Waals surface area contributed by atoms with E-state index in [1.807, 2.05) is 18.3 Å². The number of ether oxygens (including phenoxy) is 3. The van der Waals surface area contributed by atoms with Crippen molar-refractivity contribution >= 4 is 11.5 Å². The summed E-state index contributed by atoms with van der Waals surface area (Å²) in [5, 5.41) is 0. The molecule has 0 bridgehead atoms. The lowest BCUT2D eigenvalue weighted by atomic mass is 10.1. The van der Waals surface area contributed by atoms with Gasteiger partial charge in [0, 0.05) is 58.7 Å². The Labute approximate surface area is 215 Å². The molecule has 192 valence electrons. The maximum atomic E-state index is 5.92. The number of methoxy groups -OCH3 is 1. The van der Waals surface area contributed by atoms with Crippen molar-refractivity contribution in [3.63, 3.8) is 0 Å². The second-order valence-electron chi connectivity index (χ2n) is 9.30. The van der Waals surface area contributed by atoms with E-state index >= 15 is 0 Å². The Bertz CT molecular complexity index is 1070. The maximum absolute atomic E-state index is 5.92. The van der Waals surface area contributed by atoms with E-state index in [0.717, 1.165) is 63.1 Å². The number of anilines is 2. The zero-order valence-electron chi connectivity index (χ0n) is 21.7. The SMILES string of the molecule is COc1cccc(CN(Cc2cccc(N(C)C)c2)c2ccc(COCCN3CCOCC3)cn2)c1. The van der Waals surface area contributed by atoms with E-state index in [2.05, 4.69) is 77.3 Å². The Morgan fingerprint density at radius 3 is 2.36 bits per heavy atom. The third-order valence-corrected chi connectivity index (χ3v) is 6.37. The summed E-state index contributed by atoms with van der Waals surface area (Å²) < 4.78 is 16.8. The molecule has 2 aromatic carbocycles. The van der Waals surface area contributed by atoms with Crippen LogP contribution in [-0.2, 0) is 29.2 Å². The highest BCUT2D eigenvalue weighted by molar-refractivity contribution is 5.49. The summed E-state index contributed by atoms with van der Waals surface area (Å²) in [6.45, 7) is 7.31. The van der Waals surface area contributed by atoms with Gasteiger partial charge in [0.1, 0.15) is 11.6 Å². The first-order chi connectivity index (χ1) is 17.6. The highest BCUT2D eigenvalue weighted by atomic mass is 16.5. The van der Waals surface area contributed by atoms with Crippen molar-refractivity contribution in [3.8, 4) is 5.75 Å². The first-order valence-corrected chi connectivity index (χ1v) is 12.6. The molecule has 0 saturated carbocycles. The zero-order valence-corrected chi connectivity index (χ0v) is 21.7. The summed E-state index contributed by atoms with van der Waals surface area (Å²) in [5.74, 6) is 1.80. The molecule has 36 heavy (non-hydrogen) atoms. The minimum atomic E-state index is 0.568. The van der Waals surface area contributed by atoms with Gasteiger partial charge in [-0.1, -0.05) is 30.3 Å². The molecule has 3 aromatic rings. The van der Waals surface area contributed by atoms with Gasteiger partial charge in [-0.3, -0.25) is 4.90 Å². The van der Waals surface area contributed by atoms with E-state index in [9.17, 15) is 0 Å². The normalized spacial score (nSPS) is 14.0. The standard InChI is InChI=1S/C29H38N4O3/c1-31(2)27-8-4-6-24(18-27)21-33(22-25-7-5-9-28(19-25)34-3)29-11-10-26(20-30-29)23-36-17-14-32-12-15-35-16-13-32/h4-11,18-20H,12-17,21-23H2,1-3H3. The molecule has 0 atom stereocenters. The van der Waals surface area contributed by atoms with Crippen LogP contribution in [0.3, 0.4) is 0 Å². The average Bonchev–Trinajstić information content (AvgIpc) is 2.92. The molecule has 1 aliphatic heterocycles. The number of hydrogen-bond acceptors (Lipinski definition) is 7. The lowest BCUT2D eigenvalue weighted by Gasteiger charge is -2.26. The van der Waals surface area contributed by atoms with Crippen molar-refractivity contribution in [2.45, 2.75) is 19.7 Å². The molecule has 0 spiro atoms. The van der Waals surface area contributed by atoms with Gasteiger partial charge < -0.3 is 24.0 Å². The van der Waals surface area contributed by atoms with Crippen molar-refractivity contribution in [2.75, 3.05) is 70.5 Å². The molecule has 0 radical (unpaired) electrons. The molecule has 0 aliphatic carbocycles. The fraction of sp³-hybridized carbons (Fsp3) is 0.414. The minimum Gasteiger partial charge on any atom is -0.497 e. The van der Waals surface area contributed by atoms with Gasteiger partial charge >= 0.3 is 0 Å². The Morgan fingerprint density at radius 2 is 1.67 bits per heavy atom. The van der Waals surface area contributed by atoms with Crippen LogP contribution in [0.15, 0.2) is 66.9 Å². The number of hydrogen-bond donors (Lipinski definition) is 0. The summed E-state index contributed by atoms with van der Waals surface area (Å²) in [6, 6.07) is 21.1. The Hall–Kier alpha value is -3.13. The quantitative estimate of drug-likeness (QED) is 0.353. The molecule has 2 heterocycles. The average molecular weight is 491 g/mol. The number of rotatable bonds is 12. The Morgan fingerprint density at radius 1 is 0.917 bits per heavy atom. The zero-order chi connectivity index (χ0) is 25.2. The lowest BCUT2D eigenvalue weighted by Crippen LogP contribution is -2.38. The van der Waals surface area contributed by atoms with Gasteiger partial charge in [0.05, 0.1) is 33.5 Å². The molecule has 7 heteroatoms. The molecule has 0 amide bonds. The Balaban J connectivity index is 1.42. The monoisotopic (exact) mass is 490 g/mol. The summed E-state index contributed by atoms with van der Waals surface area (Å²) in [5.41, 5.74) is 4.68. The number of aromatic nitrogens is 1. The number of morpholine rings is 1. The van der Waals surface area contributed by atoms with Gasteiger partial charge in [0.25, 0.3) is 0 Å². The van der Waals surface area contributed by atoms with Crippen LogP contribution < -0.4 is 14.5 Å². The summed E-state index contributed by atoms with van der Waals surface area (Å²) in [7, 11) is 5.83. The van der Waals surface area contributed by atoms with Crippen LogP contribution in [0, 0.1) is 0 Å². The third kappa shape index (κ3) is 7.68. The first-order valence-electron chi connectivity index (χ1n) is 12.6. The summed E-state index contributed by atoms with van der Waals surface area (Å²) in [4.78, 5) is 11.6.